The van der Waals surface area contributed by atoms with Crippen molar-refractivity contribution in [3.05, 3.63) is 63.8 Å². The van der Waals surface area contributed by atoms with Gasteiger partial charge in [-0.15, -0.1) is 0 Å². The Bertz CT molecular complexity index is 1190. The molecule has 4 aromatic heterocycles. The van der Waals surface area contributed by atoms with Gasteiger partial charge >= 0.3 is 12.4 Å². The highest BCUT2D eigenvalue weighted by molar-refractivity contribution is 6.29. The van der Waals surface area contributed by atoms with E-state index in [4.69, 9.17) is 11.6 Å². The van der Waals surface area contributed by atoms with Gasteiger partial charge in [0, 0.05) is 30.9 Å². The number of fused-ring (bicyclic) bond motifs is 2. The van der Waals surface area contributed by atoms with Gasteiger partial charge in [0.15, 0.2) is 5.69 Å². The molecule has 7 nitrogen and oxygen atoms in total. The van der Waals surface area contributed by atoms with Crippen LogP contribution in [0.1, 0.15) is 11.4 Å². The van der Waals surface area contributed by atoms with Gasteiger partial charge in [-0.05, 0) is 6.07 Å². The summed E-state index contributed by atoms with van der Waals surface area (Å²) in [5.41, 5.74) is -2.55. The van der Waals surface area contributed by atoms with Crippen molar-refractivity contribution in [2.45, 2.75) is 12.4 Å². The van der Waals surface area contributed by atoms with Gasteiger partial charge in [-0.1, -0.05) is 11.6 Å². The van der Waals surface area contributed by atoms with Crippen LogP contribution in [0.25, 0.3) is 11.6 Å². The monoisotopic (exact) mass is 424 g/mol. The summed E-state index contributed by atoms with van der Waals surface area (Å²) in [7, 11) is 0. The first-order valence-corrected chi connectivity index (χ1v) is 7.55. The average Bonchev–Trinajstić information content (AvgIpc) is 3.20. The zero-order valence-electron chi connectivity index (χ0n) is 13.3. The molecule has 0 aliphatic rings. The molecule has 148 valence electrons. The van der Waals surface area contributed by atoms with E-state index in [0.717, 1.165) is 27.3 Å². The van der Waals surface area contributed by atoms with Crippen molar-refractivity contribution in [1.29, 1.82) is 0 Å². The summed E-state index contributed by atoms with van der Waals surface area (Å²) < 4.78 is 75.1. The second-order valence-corrected chi connectivity index (χ2v) is 5.59. The molecule has 0 saturated heterocycles. The molecule has 0 atom stereocenters. The normalized spacial score (nSPS) is 12.2. The van der Waals surface area contributed by atoms with Crippen molar-refractivity contribution in [3.8, 4) is 0 Å². The number of nitrogens with zero attached hydrogens (tertiary/aromatic N) is 5. The fourth-order valence-corrected chi connectivity index (χ4v) is 2.24. The van der Waals surface area contributed by atoms with Crippen LogP contribution >= 0.6 is 11.6 Å². The highest BCUT2D eigenvalue weighted by Gasteiger charge is 2.34. The molecule has 0 aliphatic carbocycles. The third-order valence-corrected chi connectivity index (χ3v) is 3.61. The molecule has 1 N–H and O–H groups in total. The van der Waals surface area contributed by atoms with Crippen molar-refractivity contribution in [3.63, 3.8) is 0 Å². The molecule has 4 rings (SSSR count). The molecule has 14 heteroatoms. The lowest BCUT2D eigenvalue weighted by atomic mass is 10.5. The van der Waals surface area contributed by atoms with Crippen molar-refractivity contribution in [2.24, 2.45) is 0 Å². The number of rotatable bonds is 0. The van der Waals surface area contributed by atoms with Crippen molar-refractivity contribution in [2.75, 3.05) is 0 Å². The number of nitrogens with one attached hydrogen (secondary N) is 1. The fourth-order valence-electron chi connectivity index (χ4n) is 2.06. The number of aromatic amines is 1. The fraction of sp³-hybridized carbons (Fsp3) is 0.143. The Labute approximate surface area is 155 Å². The molecule has 0 spiro atoms. The summed E-state index contributed by atoms with van der Waals surface area (Å²) in [5, 5.41) is 0.137. The van der Waals surface area contributed by atoms with Crippen molar-refractivity contribution < 1.29 is 26.3 Å². The van der Waals surface area contributed by atoms with E-state index in [1.54, 1.807) is 0 Å². The lowest BCUT2D eigenvalue weighted by Gasteiger charge is -1.99. The van der Waals surface area contributed by atoms with E-state index < -0.39 is 29.3 Å². The van der Waals surface area contributed by atoms with Crippen LogP contribution in [0.4, 0.5) is 26.3 Å². The minimum absolute atomic E-state index is 0.0650. The Balaban J connectivity index is 0.000000161. The summed E-state index contributed by atoms with van der Waals surface area (Å²) >= 11 is 5.64. The number of imidazole rings is 2. The van der Waals surface area contributed by atoms with E-state index in [1.807, 2.05) is 4.98 Å². The largest absolute Gasteiger partial charge is 0.434 e. The summed E-state index contributed by atoms with van der Waals surface area (Å²) in [5.74, 6) is -0.186. The Hall–Kier alpha value is -3.09. The van der Waals surface area contributed by atoms with Crippen LogP contribution in [-0.4, -0.2) is 28.7 Å². The average molecular weight is 425 g/mol. The number of alkyl halides is 6. The zero-order valence-corrected chi connectivity index (χ0v) is 14.0. The first kappa shape index (κ1) is 19.7. The topological polar surface area (TPSA) is 80.3 Å². The molecule has 0 radical (unpaired) electrons. The molecule has 0 aliphatic heterocycles. The highest BCUT2D eigenvalue weighted by atomic mass is 35.5. The molecule has 4 aromatic rings. The second kappa shape index (κ2) is 6.82. The lowest BCUT2D eigenvalue weighted by Crippen LogP contribution is -2.10. The predicted octanol–water partition coefficient (Wildman–Crippen LogP) is 3.44. The van der Waals surface area contributed by atoms with E-state index >= 15 is 0 Å². The summed E-state index contributed by atoms with van der Waals surface area (Å²) in [6.45, 7) is 0. The molecular formula is C14H7ClF6N6O. The van der Waals surface area contributed by atoms with Gasteiger partial charge in [-0.2, -0.15) is 26.3 Å². The van der Waals surface area contributed by atoms with Crippen LogP contribution < -0.4 is 5.56 Å². The van der Waals surface area contributed by atoms with Crippen LogP contribution in [-0.2, 0) is 12.4 Å². The minimum Gasteiger partial charge on any atom is -0.320 e. The molecule has 0 unspecified atom stereocenters. The maximum Gasteiger partial charge on any atom is 0.434 e. The van der Waals surface area contributed by atoms with Gasteiger partial charge in [0.05, 0.1) is 0 Å². The first-order valence-electron chi connectivity index (χ1n) is 7.17. The van der Waals surface area contributed by atoms with Crippen LogP contribution in [0.2, 0.25) is 5.15 Å². The maximum atomic E-state index is 12.2. The Morgan fingerprint density at radius 1 is 0.929 bits per heavy atom. The van der Waals surface area contributed by atoms with Gasteiger partial charge in [0.1, 0.15) is 10.8 Å². The lowest BCUT2D eigenvalue weighted by molar-refractivity contribution is -0.141. The van der Waals surface area contributed by atoms with Crippen molar-refractivity contribution in [1.82, 2.24) is 28.7 Å². The molecule has 28 heavy (non-hydrogen) atoms. The predicted molar refractivity (Wildman–Crippen MR) is 83.8 cm³/mol. The van der Waals surface area contributed by atoms with E-state index in [9.17, 15) is 31.1 Å². The molecular weight excluding hydrogens is 418 g/mol. The third-order valence-electron chi connectivity index (χ3n) is 3.30. The number of halogens is 7. The first-order chi connectivity index (χ1) is 13.0. The molecule has 4 heterocycles. The summed E-state index contributed by atoms with van der Waals surface area (Å²) in [6, 6.07) is 2.47. The van der Waals surface area contributed by atoms with E-state index in [2.05, 4.69) is 15.0 Å². The molecule has 0 aromatic carbocycles. The minimum atomic E-state index is -4.50. The quantitative estimate of drug-likeness (QED) is 0.346. The van der Waals surface area contributed by atoms with Gasteiger partial charge < -0.3 is 4.98 Å². The van der Waals surface area contributed by atoms with E-state index in [0.29, 0.717) is 6.20 Å². The molecule has 0 bridgehead atoms. The maximum absolute atomic E-state index is 12.2. The zero-order chi connectivity index (χ0) is 20.7. The van der Waals surface area contributed by atoms with Crippen LogP contribution in [0.15, 0.2) is 41.7 Å². The number of hydrogen-bond acceptors (Lipinski definition) is 4. The van der Waals surface area contributed by atoms with Crippen molar-refractivity contribution >= 4 is 23.2 Å². The van der Waals surface area contributed by atoms with Gasteiger partial charge in [-0.25, -0.2) is 15.0 Å². The van der Waals surface area contributed by atoms with E-state index in [-0.39, 0.29) is 16.7 Å². The number of hydrogen-bond donors (Lipinski definition) is 1. The van der Waals surface area contributed by atoms with Crippen LogP contribution in [0.3, 0.4) is 0 Å². The van der Waals surface area contributed by atoms with E-state index in [1.165, 1.54) is 12.3 Å². The van der Waals surface area contributed by atoms with Gasteiger partial charge in [-0.3, -0.25) is 13.6 Å². The van der Waals surface area contributed by atoms with Crippen LogP contribution in [0, 0.1) is 0 Å². The van der Waals surface area contributed by atoms with Gasteiger partial charge in [0.2, 0.25) is 11.6 Å². The second-order valence-electron chi connectivity index (χ2n) is 5.20. The smallest absolute Gasteiger partial charge is 0.320 e. The molecule has 0 amide bonds. The highest BCUT2D eigenvalue weighted by Crippen LogP contribution is 2.29. The summed E-state index contributed by atoms with van der Waals surface area (Å²) in [4.78, 5) is 23.6. The summed E-state index contributed by atoms with van der Waals surface area (Å²) in [6.07, 6.45) is -5.04. The standard InChI is InChI=1S/C7H3ClF3N3.C7H4F3N3O/c8-5-1-2-12-6-13-4(3-14(5)6)7(9,10)11;8-7(9,10)4-3-13-5(14)1-2-11-6(13)12-4/h1-3H;1-3H,(H,11,12). The Morgan fingerprint density at radius 2 is 1.61 bits per heavy atom. The van der Waals surface area contributed by atoms with Crippen LogP contribution in [0.5, 0.6) is 0 Å². The molecule has 0 fully saturated rings. The SMILES string of the molecule is FC(F)(F)c1cn2c(Cl)ccnc2n1.O=c1ccnc2[nH]c(C(F)(F)F)cn12. The van der Waals surface area contributed by atoms with Gasteiger partial charge in [0.25, 0.3) is 5.56 Å². The molecule has 0 saturated carbocycles. The Kier molecular flexibility index (Phi) is 4.79. The number of H-pyrrole nitrogens is 1. The Morgan fingerprint density at radius 3 is 2.18 bits per heavy atom. The number of aromatic nitrogens is 6. The third kappa shape index (κ3) is 3.93.